The van der Waals surface area contributed by atoms with Crippen LogP contribution in [0.2, 0.25) is 0 Å². The first kappa shape index (κ1) is 15.7. The van der Waals surface area contributed by atoms with Gasteiger partial charge in [-0.1, -0.05) is 6.07 Å². The van der Waals surface area contributed by atoms with E-state index in [2.05, 4.69) is 22.4 Å². The second-order valence-electron chi connectivity index (χ2n) is 6.32. The van der Waals surface area contributed by atoms with Crippen molar-refractivity contribution < 1.29 is 4.79 Å². The summed E-state index contributed by atoms with van der Waals surface area (Å²) in [6, 6.07) is 9.42. The molecule has 1 aromatic heterocycles. The van der Waals surface area contributed by atoms with Gasteiger partial charge in [-0.15, -0.1) is 0 Å². The van der Waals surface area contributed by atoms with E-state index in [0.29, 0.717) is 11.5 Å². The Hall–Kier alpha value is -2.14. The number of amides is 1. The maximum Gasteiger partial charge on any atom is 0.251 e. The van der Waals surface area contributed by atoms with Gasteiger partial charge in [-0.2, -0.15) is 5.10 Å². The van der Waals surface area contributed by atoms with Crippen LogP contribution in [0.5, 0.6) is 0 Å². The molecule has 5 heteroatoms. The summed E-state index contributed by atoms with van der Waals surface area (Å²) >= 11 is 0. The number of hydrogen-bond acceptors (Lipinski definition) is 3. The molecule has 0 saturated carbocycles. The zero-order valence-corrected chi connectivity index (χ0v) is 13.6. The van der Waals surface area contributed by atoms with Crippen molar-refractivity contribution in [3.05, 3.63) is 48.3 Å². The summed E-state index contributed by atoms with van der Waals surface area (Å²) in [6.45, 7) is 3.08. The summed E-state index contributed by atoms with van der Waals surface area (Å²) in [5.74, 6) is 0.688. The fourth-order valence-corrected chi connectivity index (χ4v) is 3.21. The second-order valence-corrected chi connectivity index (χ2v) is 6.32. The molecule has 1 fully saturated rings. The third kappa shape index (κ3) is 4.20. The molecular weight excluding hydrogens is 288 g/mol. The minimum Gasteiger partial charge on any atom is -0.352 e. The molecule has 1 unspecified atom stereocenters. The molecule has 2 aromatic rings. The quantitative estimate of drug-likeness (QED) is 0.922. The number of aromatic nitrogens is 2. The first-order valence-corrected chi connectivity index (χ1v) is 8.29. The van der Waals surface area contributed by atoms with Gasteiger partial charge in [0.2, 0.25) is 0 Å². The Morgan fingerprint density at radius 1 is 1.39 bits per heavy atom. The SMILES string of the molecule is CN1CCCC(CCNC(=O)c2cccc(-n3cccn3)c2)C1. The predicted molar refractivity (Wildman–Crippen MR) is 90.7 cm³/mol. The van der Waals surface area contributed by atoms with Gasteiger partial charge in [0.25, 0.3) is 5.91 Å². The van der Waals surface area contributed by atoms with E-state index in [1.807, 2.05) is 36.5 Å². The van der Waals surface area contributed by atoms with Crippen LogP contribution in [0.3, 0.4) is 0 Å². The zero-order chi connectivity index (χ0) is 16.1. The van der Waals surface area contributed by atoms with Crippen molar-refractivity contribution in [1.29, 1.82) is 0 Å². The average molecular weight is 312 g/mol. The first-order chi connectivity index (χ1) is 11.2. The molecule has 0 radical (unpaired) electrons. The van der Waals surface area contributed by atoms with Crippen molar-refractivity contribution >= 4 is 5.91 Å². The standard InChI is InChI=1S/C18H24N4O/c1-21-11-3-5-15(14-21)8-10-19-18(23)16-6-2-7-17(13-16)22-12-4-9-20-22/h2,4,6-7,9,12-13,15H,3,5,8,10-11,14H2,1H3,(H,19,23). The number of piperidine rings is 1. The molecule has 1 saturated heterocycles. The number of hydrogen-bond donors (Lipinski definition) is 1. The maximum absolute atomic E-state index is 12.3. The summed E-state index contributed by atoms with van der Waals surface area (Å²) < 4.78 is 1.76. The maximum atomic E-state index is 12.3. The number of benzene rings is 1. The van der Waals surface area contributed by atoms with Crippen LogP contribution in [0.25, 0.3) is 5.69 Å². The lowest BCUT2D eigenvalue weighted by atomic mass is 9.95. The Morgan fingerprint density at radius 3 is 3.09 bits per heavy atom. The fraction of sp³-hybridized carbons (Fsp3) is 0.444. The van der Waals surface area contributed by atoms with Crippen LogP contribution in [0.1, 0.15) is 29.6 Å². The number of likely N-dealkylation sites (tertiary alicyclic amines) is 1. The number of carbonyl (C=O) groups excluding carboxylic acids is 1. The van der Waals surface area contributed by atoms with Crippen molar-refractivity contribution in [3.63, 3.8) is 0 Å². The highest BCUT2D eigenvalue weighted by Gasteiger charge is 2.17. The minimum atomic E-state index is -0.0110. The third-order valence-corrected chi connectivity index (χ3v) is 4.44. The van der Waals surface area contributed by atoms with E-state index in [-0.39, 0.29) is 5.91 Å². The van der Waals surface area contributed by atoms with E-state index in [0.717, 1.165) is 25.2 Å². The molecule has 1 N–H and O–H groups in total. The van der Waals surface area contributed by atoms with Crippen LogP contribution < -0.4 is 5.32 Å². The molecule has 122 valence electrons. The van der Waals surface area contributed by atoms with Crippen molar-refractivity contribution in [1.82, 2.24) is 20.0 Å². The van der Waals surface area contributed by atoms with Crippen LogP contribution >= 0.6 is 0 Å². The van der Waals surface area contributed by atoms with Crippen molar-refractivity contribution in [2.45, 2.75) is 19.3 Å². The van der Waals surface area contributed by atoms with Crippen molar-refractivity contribution in [2.75, 3.05) is 26.7 Å². The summed E-state index contributed by atoms with van der Waals surface area (Å²) in [4.78, 5) is 14.7. The van der Waals surface area contributed by atoms with Crippen molar-refractivity contribution in [2.24, 2.45) is 5.92 Å². The smallest absolute Gasteiger partial charge is 0.251 e. The molecule has 23 heavy (non-hydrogen) atoms. The number of rotatable bonds is 5. The van der Waals surface area contributed by atoms with Gasteiger partial charge >= 0.3 is 0 Å². The van der Waals surface area contributed by atoms with Crippen LogP contribution in [0.4, 0.5) is 0 Å². The highest BCUT2D eigenvalue weighted by Crippen LogP contribution is 2.17. The van der Waals surface area contributed by atoms with Crippen LogP contribution in [-0.4, -0.2) is 47.3 Å². The van der Waals surface area contributed by atoms with Gasteiger partial charge in [0.05, 0.1) is 5.69 Å². The fourth-order valence-electron chi connectivity index (χ4n) is 3.21. The summed E-state index contributed by atoms with van der Waals surface area (Å²) in [5.41, 5.74) is 1.58. The van der Waals surface area contributed by atoms with Gasteiger partial charge in [0.1, 0.15) is 0 Å². The Labute approximate surface area is 137 Å². The van der Waals surface area contributed by atoms with E-state index in [1.54, 1.807) is 10.9 Å². The van der Waals surface area contributed by atoms with Gasteiger partial charge in [-0.05, 0) is 63.0 Å². The van der Waals surface area contributed by atoms with Crippen molar-refractivity contribution in [3.8, 4) is 5.69 Å². The summed E-state index contributed by atoms with van der Waals surface area (Å²) in [7, 11) is 2.17. The highest BCUT2D eigenvalue weighted by molar-refractivity contribution is 5.94. The molecule has 0 bridgehead atoms. The first-order valence-electron chi connectivity index (χ1n) is 8.29. The third-order valence-electron chi connectivity index (χ3n) is 4.44. The molecular formula is C18H24N4O. The lowest BCUT2D eigenvalue weighted by molar-refractivity contribution is 0.0948. The Morgan fingerprint density at radius 2 is 2.30 bits per heavy atom. The summed E-state index contributed by atoms with van der Waals surface area (Å²) in [5, 5.41) is 7.24. The molecule has 1 aliphatic rings. The van der Waals surface area contributed by atoms with Gasteiger partial charge < -0.3 is 10.2 Å². The Bertz CT molecular complexity index is 638. The molecule has 2 heterocycles. The van der Waals surface area contributed by atoms with Crippen LogP contribution in [0, 0.1) is 5.92 Å². The highest BCUT2D eigenvalue weighted by atomic mass is 16.1. The van der Waals surface area contributed by atoms with E-state index < -0.39 is 0 Å². The molecule has 1 aliphatic heterocycles. The topological polar surface area (TPSA) is 50.2 Å². The van der Waals surface area contributed by atoms with Gasteiger partial charge in [-0.3, -0.25) is 4.79 Å². The number of nitrogens with one attached hydrogen (secondary N) is 1. The minimum absolute atomic E-state index is 0.0110. The second kappa shape index (κ2) is 7.42. The van der Waals surface area contributed by atoms with Gasteiger partial charge in [0, 0.05) is 31.0 Å². The lowest BCUT2D eigenvalue weighted by Crippen LogP contribution is -2.34. The average Bonchev–Trinajstić information content (AvgIpc) is 3.09. The normalized spacial score (nSPS) is 18.7. The van der Waals surface area contributed by atoms with Gasteiger partial charge in [-0.25, -0.2) is 4.68 Å². The Balaban J connectivity index is 1.53. The molecule has 1 aromatic carbocycles. The molecule has 1 atom stereocenters. The molecule has 5 nitrogen and oxygen atoms in total. The molecule has 0 aliphatic carbocycles. The number of nitrogens with zero attached hydrogens (tertiary/aromatic N) is 3. The largest absolute Gasteiger partial charge is 0.352 e. The van der Waals surface area contributed by atoms with Gasteiger partial charge in [0.15, 0.2) is 0 Å². The van der Waals surface area contributed by atoms with E-state index in [1.165, 1.54) is 19.4 Å². The van der Waals surface area contributed by atoms with E-state index in [9.17, 15) is 4.79 Å². The van der Waals surface area contributed by atoms with E-state index >= 15 is 0 Å². The molecule has 0 spiro atoms. The Kier molecular flexibility index (Phi) is 5.08. The number of carbonyl (C=O) groups is 1. The monoisotopic (exact) mass is 312 g/mol. The predicted octanol–water partition coefficient (Wildman–Crippen LogP) is 2.33. The zero-order valence-electron chi connectivity index (χ0n) is 13.6. The van der Waals surface area contributed by atoms with Crippen LogP contribution in [0.15, 0.2) is 42.7 Å². The molecule has 1 amide bonds. The summed E-state index contributed by atoms with van der Waals surface area (Å²) in [6.07, 6.45) is 7.19. The van der Waals surface area contributed by atoms with Crippen LogP contribution in [-0.2, 0) is 0 Å². The lowest BCUT2D eigenvalue weighted by Gasteiger charge is -2.29. The van der Waals surface area contributed by atoms with E-state index in [4.69, 9.17) is 0 Å². The molecule has 3 rings (SSSR count).